The molecule has 0 saturated heterocycles. The third-order valence-corrected chi connectivity index (χ3v) is 2.34. The lowest BCUT2D eigenvalue weighted by atomic mass is 10.2. The highest BCUT2D eigenvalue weighted by Crippen LogP contribution is 2.11. The van der Waals surface area contributed by atoms with Gasteiger partial charge in [0.1, 0.15) is 5.38 Å². The van der Waals surface area contributed by atoms with Crippen LogP contribution in [0.4, 0.5) is 0 Å². The van der Waals surface area contributed by atoms with E-state index in [1.807, 2.05) is 30.3 Å². The van der Waals surface area contributed by atoms with Gasteiger partial charge in [0.25, 0.3) is 0 Å². The minimum absolute atomic E-state index is 0.258. The van der Waals surface area contributed by atoms with Crippen molar-refractivity contribution < 1.29 is 4.74 Å². The van der Waals surface area contributed by atoms with Crippen molar-refractivity contribution in [3.05, 3.63) is 34.3 Å². The molecule has 0 amide bonds. The highest BCUT2D eigenvalue weighted by Gasteiger charge is 2.01. The number of hydrogen-bond acceptors (Lipinski definition) is 2. The summed E-state index contributed by atoms with van der Waals surface area (Å²) >= 11 is 8.91. The highest BCUT2D eigenvalue weighted by molar-refractivity contribution is 9.10. The fraction of sp³-hybridized carbons (Fsp3) is 0.300. The molecule has 0 aliphatic carbocycles. The molecule has 0 radical (unpaired) electrons. The number of nitriles is 1. The second-order valence-corrected chi connectivity index (χ2v) is 4.18. The summed E-state index contributed by atoms with van der Waals surface area (Å²) in [5, 5.41) is 7.84. The normalized spacial score (nSPS) is 12.1. The van der Waals surface area contributed by atoms with Crippen molar-refractivity contribution >= 4 is 27.5 Å². The molecule has 0 bridgehead atoms. The molecule has 0 N–H and O–H groups in total. The Hall–Kier alpha value is -0.560. The molecule has 1 aromatic carbocycles. The van der Waals surface area contributed by atoms with Crippen LogP contribution in [0.3, 0.4) is 0 Å². The first-order chi connectivity index (χ1) is 6.72. The first-order valence-electron chi connectivity index (χ1n) is 4.08. The Labute approximate surface area is 96.6 Å². The molecule has 0 aromatic heterocycles. The zero-order valence-corrected chi connectivity index (χ0v) is 9.75. The fourth-order valence-electron chi connectivity index (χ4n) is 0.898. The standard InChI is InChI=1S/C10H9BrClNO/c11-9-3-1-8(2-4-9)6-14-7-10(12)5-13/h1-4,10H,6-7H2. The summed E-state index contributed by atoms with van der Waals surface area (Å²) in [6.45, 7) is 0.742. The van der Waals surface area contributed by atoms with E-state index >= 15 is 0 Å². The number of alkyl halides is 1. The summed E-state index contributed by atoms with van der Waals surface area (Å²) in [4.78, 5) is 0. The van der Waals surface area contributed by atoms with Gasteiger partial charge >= 0.3 is 0 Å². The molecule has 0 aliphatic heterocycles. The predicted molar refractivity (Wildman–Crippen MR) is 59.1 cm³/mol. The molecule has 0 aliphatic rings. The summed E-state index contributed by atoms with van der Waals surface area (Å²) < 4.78 is 6.28. The third kappa shape index (κ3) is 4.10. The van der Waals surface area contributed by atoms with Gasteiger partial charge in [-0.1, -0.05) is 28.1 Å². The zero-order chi connectivity index (χ0) is 10.4. The van der Waals surface area contributed by atoms with E-state index in [0.717, 1.165) is 10.0 Å². The number of ether oxygens (including phenoxy) is 1. The first-order valence-corrected chi connectivity index (χ1v) is 5.31. The van der Waals surface area contributed by atoms with Crippen LogP contribution in [0, 0.1) is 11.3 Å². The minimum atomic E-state index is -0.564. The van der Waals surface area contributed by atoms with Crippen molar-refractivity contribution in [3.8, 4) is 6.07 Å². The smallest absolute Gasteiger partial charge is 0.143 e. The maximum Gasteiger partial charge on any atom is 0.143 e. The van der Waals surface area contributed by atoms with E-state index in [1.54, 1.807) is 0 Å². The van der Waals surface area contributed by atoms with E-state index in [9.17, 15) is 0 Å². The van der Waals surface area contributed by atoms with E-state index in [-0.39, 0.29) is 6.61 Å². The molecule has 1 rings (SSSR count). The maximum absolute atomic E-state index is 8.40. The molecule has 2 nitrogen and oxygen atoms in total. The molecule has 74 valence electrons. The van der Waals surface area contributed by atoms with Crippen LogP contribution in [0.1, 0.15) is 5.56 Å². The van der Waals surface area contributed by atoms with Crippen LogP contribution in [0.5, 0.6) is 0 Å². The van der Waals surface area contributed by atoms with Gasteiger partial charge in [0.05, 0.1) is 19.3 Å². The summed E-state index contributed by atoms with van der Waals surface area (Å²) in [6, 6.07) is 9.70. The molecule has 14 heavy (non-hydrogen) atoms. The van der Waals surface area contributed by atoms with Crippen LogP contribution in [0.25, 0.3) is 0 Å². The van der Waals surface area contributed by atoms with Crippen molar-refractivity contribution in [2.45, 2.75) is 12.0 Å². The lowest BCUT2D eigenvalue weighted by molar-refractivity contribution is 0.128. The Morgan fingerprint density at radius 1 is 1.43 bits per heavy atom. The number of rotatable bonds is 4. The van der Waals surface area contributed by atoms with Gasteiger partial charge in [-0.15, -0.1) is 11.6 Å². The zero-order valence-electron chi connectivity index (χ0n) is 7.41. The van der Waals surface area contributed by atoms with Gasteiger partial charge in [0.2, 0.25) is 0 Å². The van der Waals surface area contributed by atoms with Crippen LogP contribution in [-0.4, -0.2) is 12.0 Å². The summed E-state index contributed by atoms with van der Waals surface area (Å²) in [7, 11) is 0. The Morgan fingerprint density at radius 2 is 2.07 bits per heavy atom. The van der Waals surface area contributed by atoms with Gasteiger partial charge in [-0.05, 0) is 17.7 Å². The second-order valence-electron chi connectivity index (χ2n) is 2.74. The summed E-state index contributed by atoms with van der Waals surface area (Å²) in [5.41, 5.74) is 1.06. The van der Waals surface area contributed by atoms with Crippen molar-refractivity contribution in [1.82, 2.24) is 0 Å². The first kappa shape index (κ1) is 11.5. The summed E-state index contributed by atoms with van der Waals surface area (Å²) in [5.74, 6) is 0. The van der Waals surface area contributed by atoms with Gasteiger partial charge in [-0.3, -0.25) is 0 Å². The Balaban J connectivity index is 2.32. The van der Waals surface area contributed by atoms with Crippen LogP contribution in [-0.2, 0) is 11.3 Å². The van der Waals surface area contributed by atoms with Crippen molar-refractivity contribution in [3.63, 3.8) is 0 Å². The van der Waals surface area contributed by atoms with E-state index < -0.39 is 5.38 Å². The van der Waals surface area contributed by atoms with Gasteiger partial charge < -0.3 is 4.74 Å². The van der Waals surface area contributed by atoms with E-state index in [4.69, 9.17) is 21.6 Å². The quantitative estimate of drug-likeness (QED) is 0.791. The molecule has 0 spiro atoms. The average Bonchev–Trinajstić information content (AvgIpc) is 2.21. The van der Waals surface area contributed by atoms with E-state index in [2.05, 4.69) is 15.9 Å². The monoisotopic (exact) mass is 273 g/mol. The largest absolute Gasteiger partial charge is 0.374 e. The molecule has 4 heteroatoms. The number of halogens is 2. The summed E-state index contributed by atoms with van der Waals surface area (Å²) in [6.07, 6.45) is 0. The van der Waals surface area contributed by atoms with Crippen LogP contribution in [0.2, 0.25) is 0 Å². The number of nitrogens with zero attached hydrogens (tertiary/aromatic N) is 1. The average molecular weight is 275 g/mol. The van der Waals surface area contributed by atoms with Crippen LogP contribution in [0.15, 0.2) is 28.7 Å². The lowest BCUT2D eigenvalue weighted by Crippen LogP contribution is -2.06. The minimum Gasteiger partial charge on any atom is -0.374 e. The van der Waals surface area contributed by atoms with Gasteiger partial charge in [-0.2, -0.15) is 5.26 Å². The van der Waals surface area contributed by atoms with Crippen molar-refractivity contribution in [2.24, 2.45) is 0 Å². The van der Waals surface area contributed by atoms with E-state index in [1.165, 1.54) is 0 Å². The molecule has 0 saturated carbocycles. The topological polar surface area (TPSA) is 33.0 Å². The van der Waals surface area contributed by atoms with Crippen molar-refractivity contribution in [1.29, 1.82) is 5.26 Å². The Morgan fingerprint density at radius 3 is 2.64 bits per heavy atom. The Bertz CT molecular complexity index is 320. The SMILES string of the molecule is N#CC(Cl)COCc1ccc(Br)cc1. The van der Waals surface area contributed by atoms with Gasteiger partial charge in [0.15, 0.2) is 0 Å². The van der Waals surface area contributed by atoms with Crippen LogP contribution >= 0.6 is 27.5 Å². The van der Waals surface area contributed by atoms with Crippen molar-refractivity contribution in [2.75, 3.05) is 6.61 Å². The molecule has 0 heterocycles. The predicted octanol–water partition coefficient (Wildman–Crippen LogP) is 3.10. The highest BCUT2D eigenvalue weighted by atomic mass is 79.9. The Kier molecular flexibility index (Phi) is 4.95. The number of hydrogen-bond donors (Lipinski definition) is 0. The van der Waals surface area contributed by atoms with Crippen LogP contribution < -0.4 is 0 Å². The number of benzene rings is 1. The van der Waals surface area contributed by atoms with Gasteiger partial charge in [0, 0.05) is 4.47 Å². The molecule has 1 atom stereocenters. The second kappa shape index (κ2) is 6.02. The van der Waals surface area contributed by atoms with Gasteiger partial charge in [-0.25, -0.2) is 0 Å². The van der Waals surface area contributed by atoms with E-state index in [0.29, 0.717) is 6.61 Å². The molecule has 1 aromatic rings. The maximum atomic E-state index is 8.40. The lowest BCUT2D eigenvalue weighted by Gasteiger charge is -2.04. The molecule has 1 unspecified atom stereocenters. The molecular weight excluding hydrogens is 265 g/mol. The molecule has 0 fully saturated rings. The third-order valence-electron chi connectivity index (χ3n) is 1.59. The molecular formula is C10H9BrClNO. The fourth-order valence-corrected chi connectivity index (χ4v) is 1.25.